The number of carbonyl (C=O) groups excluding carboxylic acids is 1. The van der Waals surface area contributed by atoms with Crippen LogP contribution in [0.15, 0.2) is 12.2 Å². The Hall–Kier alpha value is -1.03. The first kappa shape index (κ1) is 12.4. The summed E-state index contributed by atoms with van der Waals surface area (Å²) in [5, 5.41) is 9.37. The topological polar surface area (TPSA) is 49.8 Å². The van der Waals surface area contributed by atoms with Gasteiger partial charge in [0.15, 0.2) is 0 Å². The van der Waals surface area contributed by atoms with Crippen LogP contribution < -0.4 is 0 Å². The Morgan fingerprint density at radius 3 is 2.82 bits per heavy atom. The van der Waals surface area contributed by atoms with Gasteiger partial charge in [-0.05, 0) is 39.5 Å². The first-order chi connectivity index (χ1) is 7.92. The molecule has 3 atom stereocenters. The van der Waals surface area contributed by atoms with Crippen molar-refractivity contribution in [1.82, 2.24) is 4.90 Å². The van der Waals surface area contributed by atoms with E-state index in [0.717, 1.165) is 12.8 Å². The minimum absolute atomic E-state index is 0.0140. The minimum Gasteiger partial charge on any atom is -0.444 e. The van der Waals surface area contributed by atoms with Gasteiger partial charge in [0, 0.05) is 0 Å². The lowest BCUT2D eigenvalue weighted by Crippen LogP contribution is -2.45. The molecule has 1 fully saturated rings. The van der Waals surface area contributed by atoms with Gasteiger partial charge in [0.1, 0.15) is 5.60 Å². The van der Waals surface area contributed by atoms with Gasteiger partial charge < -0.3 is 9.84 Å². The van der Waals surface area contributed by atoms with Crippen molar-refractivity contribution in [2.75, 3.05) is 6.61 Å². The van der Waals surface area contributed by atoms with E-state index in [1.165, 1.54) is 0 Å². The predicted octanol–water partition coefficient (Wildman–Crippen LogP) is 1.93. The molecule has 0 saturated carbocycles. The molecule has 1 N–H and O–H groups in total. The Morgan fingerprint density at radius 2 is 2.24 bits per heavy atom. The molecule has 0 aromatic heterocycles. The third kappa shape index (κ3) is 2.46. The zero-order valence-corrected chi connectivity index (χ0v) is 10.7. The minimum atomic E-state index is -0.489. The van der Waals surface area contributed by atoms with Gasteiger partial charge in [-0.1, -0.05) is 12.2 Å². The maximum absolute atomic E-state index is 12.1. The SMILES string of the molecule is CC(C)(C)OC(=O)N1C2C=CCC2C[C@H]1CO. The van der Waals surface area contributed by atoms with Crippen molar-refractivity contribution < 1.29 is 14.6 Å². The van der Waals surface area contributed by atoms with Crippen molar-refractivity contribution in [3.05, 3.63) is 12.2 Å². The highest BCUT2D eigenvalue weighted by Gasteiger charge is 2.45. The summed E-state index contributed by atoms with van der Waals surface area (Å²) in [6, 6.07) is 0.0202. The fourth-order valence-corrected chi connectivity index (χ4v) is 2.70. The molecule has 1 aliphatic heterocycles. The molecule has 2 rings (SSSR count). The lowest BCUT2D eigenvalue weighted by atomic mass is 10.0. The largest absolute Gasteiger partial charge is 0.444 e. The number of allylic oxidation sites excluding steroid dienone is 1. The maximum atomic E-state index is 12.1. The molecule has 0 aromatic carbocycles. The summed E-state index contributed by atoms with van der Waals surface area (Å²) in [5.41, 5.74) is -0.489. The molecule has 1 aliphatic carbocycles. The van der Waals surface area contributed by atoms with Crippen molar-refractivity contribution in [2.24, 2.45) is 5.92 Å². The maximum Gasteiger partial charge on any atom is 0.411 e. The first-order valence-electron chi connectivity index (χ1n) is 6.21. The van der Waals surface area contributed by atoms with Crippen LogP contribution in [-0.2, 0) is 4.74 Å². The summed E-state index contributed by atoms with van der Waals surface area (Å²) in [4.78, 5) is 13.8. The molecule has 1 heterocycles. The normalized spacial score (nSPS) is 31.8. The third-order valence-corrected chi connectivity index (χ3v) is 3.36. The van der Waals surface area contributed by atoms with Crippen LogP contribution in [-0.4, -0.2) is 40.4 Å². The Kier molecular flexibility index (Phi) is 3.17. The number of likely N-dealkylation sites (tertiary alicyclic amines) is 1. The number of rotatable bonds is 1. The van der Waals surface area contributed by atoms with Crippen molar-refractivity contribution >= 4 is 6.09 Å². The Bertz CT molecular complexity index is 332. The number of amides is 1. The zero-order chi connectivity index (χ0) is 12.6. The van der Waals surface area contributed by atoms with E-state index in [4.69, 9.17) is 4.74 Å². The number of nitrogens with zero attached hydrogens (tertiary/aromatic N) is 1. The lowest BCUT2D eigenvalue weighted by molar-refractivity contribution is 0.0121. The van der Waals surface area contributed by atoms with Crippen LogP contribution in [0.3, 0.4) is 0 Å². The number of hydrogen-bond donors (Lipinski definition) is 1. The van der Waals surface area contributed by atoms with E-state index in [2.05, 4.69) is 12.2 Å². The van der Waals surface area contributed by atoms with Gasteiger partial charge in [-0.15, -0.1) is 0 Å². The molecule has 0 spiro atoms. The summed E-state index contributed by atoms with van der Waals surface area (Å²) >= 11 is 0. The quantitative estimate of drug-likeness (QED) is 0.711. The highest BCUT2D eigenvalue weighted by Crippen LogP contribution is 2.37. The highest BCUT2D eigenvalue weighted by atomic mass is 16.6. The van der Waals surface area contributed by atoms with Crippen molar-refractivity contribution in [2.45, 2.75) is 51.3 Å². The van der Waals surface area contributed by atoms with Crippen LogP contribution in [0.2, 0.25) is 0 Å². The number of hydrogen-bond acceptors (Lipinski definition) is 3. The molecule has 4 nitrogen and oxygen atoms in total. The van der Waals surface area contributed by atoms with Gasteiger partial charge in [-0.3, -0.25) is 4.90 Å². The smallest absolute Gasteiger partial charge is 0.411 e. The summed E-state index contributed by atoms with van der Waals surface area (Å²) in [6.07, 6.45) is 5.73. The zero-order valence-electron chi connectivity index (χ0n) is 10.7. The fourth-order valence-electron chi connectivity index (χ4n) is 2.70. The van der Waals surface area contributed by atoms with Crippen LogP contribution in [0.4, 0.5) is 4.79 Å². The van der Waals surface area contributed by atoms with Crippen LogP contribution in [0.1, 0.15) is 33.6 Å². The second kappa shape index (κ2) is 4.33. The second-order valence-corrected chi connectivity index (χ2v) is 5.87. The highest BCUT2D eigenvalue weighted by molar-refractivity contribution is 5.70. The Balaban J connectivity index is 2.11. The second-order valence-electron chi connectivity index (χ2n) is 5.87. The third-order valence-electron chi connectivity index (χ3n) is 3.36. The van der Waals surface area contributed by atoms with Crippen molar-refractivity contribution in [3.8, 4) is 0 Å². The van der Waals surface area contributed by atoms with Gasteiger partial charge in [0.05, 0.1) is 18.7 Å². The average molecular weight is 239 g/mol. The fraction of sp³-hybridized carbons (Fsp3) is 0.769. The molecule has 1 saturated heterocycles. The molecule has 2 aliphatic rings. The molecule has 0 bridgehead atoms. The van der Waals surface area contributed by atoms with E-state index < -0.39 is 5.60 Å². The average Bonchev–Trinajstić information content (AvgIpc) is 2.71. The van der Waals surface area contributed by atoms with E-state index in [1.54, 1.807) is 4.90 Å². The summed E-state index contributed by atoms with van der Waals surface area (Å²) < 4.78 is 5.40. The van der Waals surface area contributed by atoms with Gasteiger partial charge in [-0.2, -0.15) is 0 Å². The van der Waals surface area contributed by atoms with Gasteiger partial charge in [-0.25, -0.2) is 4.79 Å². The van der Waals surface area contributed by atoms with E-state index in [1.807, 2.05) is 20.8 Å². The predicted molar refractivity (Wildman–Crippen MR) is 64.6 cm³/mol. The molecular weight excluding hydrogens is 218 g/mol. The number of aliphatic hydroxyl groups excluding tert-OH is 1. The number of fused-ring (bicyclic) bond motifs is 1. The van der Waals surface area contributed by atoms with Gasteiger partial charge in [0.2, 0.25) is 0 Å². The van der Waals surface area contributed by atoms with Gasteiger partial charge in [0.25, 0.3) is 0 Å². The number of carbonyl (C=O) groups is 1. The Morgan fingerprint density at radius 1 is 1.53 bits per heavy atom. The van der Waals surface area contributed by atoms with E-state index in [-0.39, 0.29) is 24.8 Å². The van der Waals surface area contributed by atoms with E-state index >= 15 is 0 Å². The summed E-state index contributed by atoms with van der Waals surface area (Å²) in [7, 11) is 0. The van der Waals surface area contributed by atoms with E-state index in [0.29, 0.717) is 5.92 Å². The molecule has 4 heteroatoms. The van der Waals surface area contributed by atoms with E-state index in [9.17, 15) is 9.90 Å². The van der Waals surface area contributed by atoms with Crippen LogP contribution in [0.5, 0.6) is 0 Å². The summed E-state index contributed by atoms with van der Waals surface area (Å²) in [5.74, 6) is 0.458. The number of ether oxygens (including phenoxy) is 1. The van der Waals surface area contributed by atoms with Crippen molar-refractivity contribution in [3.63, 3.8) is 0 Å². The lowest BCUT2D eigenvalue weighted by Gasteiger charge is -2.30. The molecule has 2 unspecified atom stereocenters. The van der Waals surface area contributed by atoms with Crippen molar-refractivity contribution in [1.29, 1.82) is 0 Å². The molecule has 1 amide bonds. The summed E-state index contributed by atoms with van der Waals surface area (Å²) in [6.45, 7) is 5.59. The van der Waals surface area contributed by atoms with Crippen LogP contribution >= 0.6 is 0 Å². The molecule has 0 radical (unpaired) electrons. The number of aliphatic hydroxyl groups is 1. The molecule has 17 heavy (non-hydrogen) atoms. The molecular formula is C13H21NO3. The first-order valence-corrected chi connectivity index (χ1v) is 6.21. The van der Waals surface area contributed by atoms with Crippen LogP contribution in [0.25, 0.3) is 0 Å². The monoisotopic (exact) mass is 239 g/mol. The Labute approximate surface area is 102 Å². The molecule has 96 valence electrons. The van der Waals surface area contributed by atoms with Crippen LogP contribution in [0, 0.1) is 5.92 Å². The standard InChI is InChI=1S/C13H21NO3/c1-13(2,3)17-12(16)14-10(8-15)7-9-5-4-6-11(9)14/h4,6,9-11,15H,5,7-8H2,1-3H3/t9?,10-,11?/m0/s1. The molecule has 0 aromatic rings. The van der Waals surface area contributed by atoms with Gasteiger partial charge >= 0.3 is 6.09 Å².